The summed E-state index contributed by atoms with van der Waals surface area (Å²) in [6.07, 6.45) is 1.94. The zero-order valence-corrected chi connectivity index (χ0v) is 12.5. The van der Waals surface area contributed by atoms with Crippen LogP contribution in [0.5, 0.6) is 0 Å². The van der Waals surface area contributed by atoms with Gasteiger partial charge in [-0.3, -0.25) is 5.43 Å². The van der Waals surface area contributed by atoms with Crippen molar-refractivity contribution >= 4 is 22.6 Å². The van der Waals surface area contributed by atoms with Gasteiger partial charge in [0.05, 0.1) is 0 Å². The Morgan fingerprint density at radius 3 is 2.60 bits per heavy atom. The molecule has 0 fully saturated rings. The molecule has 0 aliphatic carbocycles. The molecule has 2 rings (SSSR count). The van der Waals surface area contributed by atoms with Crippen LogP contribution in [0.25, 0.3) is 0 Å². The summed E-state index contributed by atoms with van der Waals surface area (Å²) >= 11 is 1.61. The molecule has 0 saturated heterocycles. The molecular formula is C15H18N4S. The van der Waals surface area contributed by atoms with E-state index in [2.05, 4.69) is 39.5 Å². The number of hydrogen-bond acceptors (Lipinski definition) is 5. The van der Waals surface area contributed by atoms with Crippen LogP contribution in [0.4, 0.5) is 0 Å². The number of aliphatic imine (C=N–C) groups is 2. The van der Waals surface area contributed by atoms with E-state index in [4.69, 9.17) is 0 Å². The molecule has 1 heterocycles. The first kappa shape index (κ1) is 14.4. The minimum Gasteiger partial charge on any atom is -0.304 e. The van der Waals surface area contributed by atoms with E-state index in [1.54, 1.807) is 11.8 Å². The van der Waals surface area contributed by atoms with Gasteiger partial charge in [0.15, 0.2) is 5.17 Å². The van der Waals surface area contributed by atoms with Crippen LogP contribution in [-0.4, -0.2) is 10.9 Å². The largest absolute Gasteiger partial charge is 0.304 e. The van der Waals surface area contributed by atoms with Crippen LogP contribution < -0.4 is 10.9 Å². The molecule has 1 aliphatic rings. The summed E-state index contributed by atoms with van der Waals surface area (Å²) < 4.78 is 0. The van der Waals surface area contributed by atoms with Crippen molar-refractivity contribution in [2.45, 2.75) is 19.6 Å². The molecule has 2 N–H and O–H groups in total. The number of rotatable bonds is 2. The lowest BCUT2D eigenvalue weighted by molar-refractivity contribution is 0.775. The summed E-state index contributed by atoms with van der Waals surface area (Å²) in [4.78, 5) is 8.70. The Balaban J connectivity index is 2.07. The Morgan fingerprint density at radius 1 is 1.10 bits per heavy atom. The molecule has 1 aromatic carbocycles. The van der Waals surface area contributed by atoms with Crippen LogP contribution in [0.2, 0.25) is 0 Å². The predicted molar refractivity (Wildman–Crippen MR) is 87.4 cm³/mol. The van der Waals surface area contributed by atoms with E-state index in [0.717, 1.165) is 22.3 Å². The van der Waals surface area contributed by atoms with E-state index in [9.17, 15) is 0 Å². The molecule has 1 aliphatic heterocycles. The highest BCUT2D eigenvalue weighted by molar-refractivity contribution is 8.13. The second kappa shape index (κ2) is 6.96. The maximum atomic E-state index is 4.39. The molecule has 1 aromatic rings. The quantitative estimate of drug-likeness (QED) is 0.877. The maximum Gasteiger partial charge on any atom is 0.182 e. The summed E-state index contributed by atoms with van der Waals surface area (Å²) in [6, 6.07) is 10.3. The van der Waals surface area contributed by atoms with Gasteiger partial charge in [-0.05, 0) is 25.5 Å². The molecule has 104 valence electrons. The molecule has 0 amide bonds. The summed E-state index contributed by atoms with van der Waals surface area (Å²) in [5, 5.41) is 0.755. The summed E-state index contributed by atoms with van der Waals surface area (Å²) in [7, 11) is 0. The average molecular weight is 286 g/mol. The molecule has 5 heteroatoms. The van der Waals surface area contributed by atoms with Crippen LogP contribution in [0, 0.1) is 0 Å². The van der Waals surface area contributed by atoms with Gasteiger partial charge in [0, 0.05) is 17.2 Å². The lowest BCUT2D eigenvalue weighted by atomic mass is 10.2. The second-order valence-corrected chi connectivity index (χ2v) is 5.40. The zero-order valence-electron chi connectivity index (χ0n) is 11.7. The highest BCUT2D eigenvalue weighted by atomic mass is 32.2. The molecule has 0 bridgehead atoms. The Bertz CT molecular complexity index is 573. The minimum atomic E-state index is 0.498. The SMILES string of the molecule is C=C1N=C(C)/C=C(/C)NNC(SCc2ccccc2)=N1. The van der Waals surface area contributed by atoms with E-state index < -0.39 is 0 Å². The van der Waals surface area contributed by atoms with Crippen molar-refractivity contribution in [3.05, 3.63) is 60.1 Å². The first-order valence-electron chi connectivity index (χ1n) is 6.33. The third-order valence-electron chi connectivity index (χ3n) is 2.55. The molecule has 0 radical (unpaired) electrons. The molecule has 0 unspecified atom stereocenters. The maximum absolute atomic E-state index is 4.39. The summed E-state index contributed by atoms with van der Waals surface area (Å²) in [5.74, 6) is 1.34. The van der Waals surface area contributed by atoms with Crippen LogP contribution >= 0.6 is 11.8 Å². The topological polar surface area (TPSA) is 48.8 Å². The Kier molecular flexibility index (Phi) is 5.01. The standard InChI is InChI=1S/C15H18N4S/c1-11-9-12(2)18-19-15(17-13(3)16-11)20-10-14-7-5-4-6-8-14/h4-9,18H,3,10H2,1-2H3,(H,17,19)/b12-9-,16-11?. The Labute approximate surface area is 123 Å². The number of amidine groups is 1. The van der Waals surface area contributed by atoms with Crippen molar-refractivity contribution < 1.29 is 0 Å². The molecule has 0 spiro atoms. The van der Waals surface area contributed by atoms with Gasteiger partial charge in [0.1, 0.15) is 5.82 Å². The first-order chi connectivity index (χ1) is 9.63. The van der Waals surface area contributed by atoms with Gasteiger partial charge in [-0.1, -0.05) is 48.7 Å². The molecule has 4 nitrogen and oxygen atoms in total. The lowest BCUT2D eigenvalue weighted by Crippen LogP contribution is -2.34. The van der Waals surface area contributed by atoms with Crippen molar-refractivity contribution in [2.75, 3.05) is 0 Å². The molecule has 20 heavy (non-hydrogen) atoms. The highest BCUT2D eigenvalue weighted by Crippen LogP contribution is 2.14. The smallest absolute Gasteiger partial charge is 0.182 e. The number of allylic oxidation sites excluding steroid dienone is 2. The molecular weight excluding hydrogens is 268 g/mol. The van der Waals surface area contributed by atoms with Crippen LogP contribution in [0.3, 0.4) is 0 Å². The zero-order chi connectivity index (χ0) is 14.4. The van der Waals surface area contributed by atoms with Gasteiger partial charge in [-0.25, -0.2) is 9.98 Å². The number of nitrogens with one attached hydrogen (secondary N) is 2. The third kappa shape index (κ3) is 4.59. The second-order valence-electron chi connectivity index (χ2n) is 4.44. The molecule has 0 atom stereocenters. The van der Waals surface area contributed by atoms with Gasteiger partial charge in [-0.15, -0.1) is 0 Å². The third-order valence-corrected chi connectivity index (χ3v) is 3.49. The predicted octanol–water partition coefficient (Wildman–Crippen LogP) is 3.22. The monoisotopic (exact) mass is 286 g/mol. The van der Waals surface area contributed by atoms with E-state index in [1.807, 2.05) is 38.1 Å². The Morgan fingerprint density at radius 2 is 1.85 bits per heavy atom. The minimum absolute atomic E-state index is 0.498. The van der Waals surface area contributed by atoms with Crippen molar-refractivity contribution in [1.29, 1.82) is 0 Å². The highest BCUT2D eigenvalue weighted by Gasteiger charge is 2.04. The van der Waals surface area contributed by atoms with Crippen LogP contribution in [-0.2, 0) is 5.75 Å². The van der Waals surface area contributed by atoms with E-state index in [-0.39, 0.29) is 0 Å². The van der Waals surface area contributed by atoms with Gasteiger partial charge in [-0.2, -0.15) is 0 Å². The molecule has 0 saturated carbocycles. The lowest BCUT2D eigenvalue weighted by Gasteiger charge is -2.11. The van der Waals surface area contributed by atoms with Crippen molar-refractivity contribution in [2.24, 2.45) is 9.98 Å². The number of hydrogen-bond donors (Lipinski definition) is 2. The van der Waals surface area contributed by atoms with E-state index in [1.165, 1.54) is 5.56 Å². The van der Waals surface area contributed by atoms with E-state index in [0.29, 0.717) is 5.82 Å². The number of nitrogens with zero attached hydrogens (tertiary/aromatic N) is 2. The normalized spacial score (nSPS) is 18.3. The van der Waals surface area contributed by atoms with Crippen molar-refractivity contribution in [3.63, 3.8) is 0 Å². The fraction of sp³-hybridized carbons (Fsp3) is 0.200. The van der Waals surface area contributed by atoms with Crippen molar-refractivity contribution in [1.82, 2.24) is 10.9 Å². The van der Waals surface area contributed by atoms with Gasteiger partial charge in [0.2, 0.25) is 0 Å². The fourth-order valence-electron chi connectivity index (χ4n) is 1.70. The summed E-state index contributed by atoms with van der Waals surface area (Å²) in [5.41, 5.74) is 9.30. The van der Waals surface area contributed by atoms with Gasteiger partial charge >= 0.3 is 0 Å². The van der Waals surface area contributed by atoms with Gasteiger partial charge < -0.3 is 5.43 Å². The summed E-state index contributed by atoms with van der Waals surface area (Å²) in [6.45, 7) is 7.75. The average Bonchev–Trinajstić information content (AvgIpc) is 2.47. The number of hydrazine groups is 1. The van der Waals surface area contributed by atoms with Crippen molar-refractivity contribution in [3.8, 4) is 0 Å². The first-order valence-corrected chi connectivity index (χ1v) is 7.32. The van der Waals surface area contributed by atoms with E-state index >= 15 is 0 Å². The number of benzene rings is 1. The fourth-order valence-corrected chi connectivity index (χ4v) is 2.49. The van der Waals surface area contributed by atoms with Gasteiger partial charge in [0.25, 0.3) is 0 Å². The van der Waals surface area contributed by atoms with Crippen LogP contribution in [0.15, 0.2) is 64.5 Å². The number of thioether (sulfide) groups is 1. The Hall–Kier alpha value is -2.01. The van der Waals surface area contributed by atoms with Crippen LogP contribution in [0.1, 0.15) is 19.4 Å². The molecule has 0 aromatic heterocycles.